The predicted octanol–water partition coefficient (Wildman–Crippen LogP) is 6.22. The van der Waals surface area contributed by atoms with Gasteiger partial charge in [-0.25, -0.2) is 14.4 Å². The number of likely N-dealkylation sites (tertiary alicyclic amines) is 1. The van der Waals surface area contributed by atoms with Crippen LogP contribution >= 0.6 is 0 Å². The molecule has 234 valence electrons. The van der Waals surface area contributed by atoms with Crippen molar-refractivity contribution in [2.24, 2.45) is 5.41 Å². The maximum atomic E-state index is 14.8. The Labute approximate surface area is 264 Å². The topological polar surface area (TPSA) is 138 Å². The van der Waals surface area contributed by atoms with Crippen molar-refractivity contribution in [2.75, 3.05) is 31.6 Å². The number of nitrogens with one attached hydrogen (secondary N) is 3. The van der Waals surface area contributed by atoms with Gasteiger partial charge in [-0.1, -0.05) is 20.8 Å². The van der Waals surface area contributed by atoms with Crippen molar-refractivity contribution in [3.05, 3.63) is 67.0 Å². The lowest BCUT2D eigenvalue weighted by Crippen LogP contribution is -2.27. The molecule has 0 spiro atoms. The minimum absolute atomic E-state index is 0.101. The molecule has 0 radical (unpaired) electrons. The Morgan fingerprint density at radius 3 is 2.67 bits per heavy atom. The molecule has 0 saturated carbocycles. The van der Waals surface area contributed by atoms with Crippen molar-refractivity contribution in [2.45, 2.75) is 33.6 Å². The Morgan fingerprint density at radius 1 is 1.02 bits per heavy atom. The molecule has 1 aliphatic heterocycles. The number of benzene rings is 1. The second-order valence-corrected chi connectivity index (χ2v) is 12.6. The molecule has 3 N–H and O–H groups in total. The van der Waals surface area contributed by atoms with Gasteiger partial charge < -0.3 is 15.0 Å². The molecular weight excluding hydrogens is 585 g/mol. The number of carbonyl (C=O) groups is 1. The molecule has 6 heterocycles. The van der Waals surface area contributed by atoms with E-state index in [1.807, 2.05) is 39.0 Å². The highest BCUT2D eigenvalue weighted by Crippen LogP contribution is 2.33. The van der Waals surface area contributed by atoms with Crippen LogP contribution in [0.1, 0.15) is 33.6 Å². The Morgan fingerprint density at radius 2 is 1.85 bits per heavy atom. The lowest BCUT2D eigenvalue weighted by Gasteiger charge is -2.17. The normalized spacial score (nSPS) is 13.9. The number of anilines is 1. The molecule has 1 aliphatic rings. The van der Waals surface area contributed by atoms with Gasteiger partial charge in [-0.3, -0.25) is 24.8 Å². The SMILES string of the molecule is CC(C)(C)C(=O)Nc1cncc(-c2cnc3n[nH]c(-c4nc5c(-c6cc(F)cc(OCCN7CCCC7)c6)nccc5[nH]4)c3c2)c1. The number of ether oxygens (including phenoxy) is 1. The molecule has 1 fully saturated rings. The molecule has 0 atom stereocenters. The van der Waals surface area contributed by atoms with Gasteiger partial charge in [-0.2, -0.15) is 5.10 Å². The number of halogens is 1. The van der Waals surface area contributed by atoms with E-state index in [1.54, 1.807) is 30.9 Å². The van der Waals surface area contributed by atoms with Crippen molar-refractivity contribution in [3.8, 4) is 39.7 Å². The van der Waals surface area contributed by atoms with Crippen molar-refractivity contribution in [3.63, 3.8) is 0 Å². The Balaban J connectivity index is 1.19. The zero-order valence-corrected chi connectivity index (χ0v) is 25.9. The Hall–Kier alpha value is -5.23. The van der Waals surface area contributed by atoms with E-state index in [-0.39, 0.29) is 5.91 Å². The van der Waals surface area contributed by atoms with Crippen LogP contribution in [0.3, 0.4) is 0 Å². The van der Waals surface area contributed by atoms with E-state index < -0.39 is 11.2 Å². The van der Waals surface area contributed by atoms with Crippen molar-refractivity contribution < 1.29 is 13.9 Å². The summed E-state index contributed by atoms with van der Waals surface area (Å²) in [7, 11) is 0. The van der Waals surface area contributed by atoms with Crippen LogP contribution in [0.5, 0.6) is 5.75 Å². The monoisotopic (exact) mass is 619 g/mol. The molecule has 11 nitrogen and oxygen atoms in total. The first kappa shape index (κ1) is 29.5. The first-order valence-corrected chi connectivity index (χ1v) is 15.3. The molecule has 5 aromatic heterocycles. The largest absolute Gasteiger partial charge is 0.492 e. The van der Waals surface area contributed by atoms with Gasteiger partial charge in [-0.15, -0.1) is 0 Å². The fourth-order valence-corrected chi connectivity index (χ4v) is 5.57. The number of fused-ring (bicyclic) bond motifs is 2. The lowest BCUT2D eigenvalue weighted by molar-refractivity contribution is -0.123. The van der Waals surface area contributed by atoms with E-state index in [1.165, 1.54) is 25.0 Å². The van der Waals surface area contributed by atoms with Gasteiger partial charge in [0.25, 0.3) is 0 Å². The summed E-state index contributed by atoms with van der Waals surface area (Å²) in [5, 5.41) is 11.1. The number of nitrogens with zero attached hydrogens (tertiary/aromatic N) is 6. The van der Waals surface area contributed by atoms with Gasteiger partial charge in [0, 0.05) is 53.3 Å². The standard InChI is InChI=1S/C34H34FN9O2/c1-34(2,3)33(45)39-24-13-21(17-36-19-24)22-15-26-29(42-43-31(26)38-18-22)32-40-27-6-7-37-28(30(27)41-32)20-12-23(35)16-25(14-20)46-11-10-44-8-4-5-9-44/h6-7,12-19H,4-5,8-11H2,1-3H3,(H,39,45)(H,40,41)(H,38,42,43). The lowest BCUT2D eigenvalue weighted by atomic mass is 9.95. The summed E-state index contributed by atoms with van der Waals surface area (Å²) in [6, 6.07) is 10.3. The third-order valence-electron chi connectivity index (χ3n) is 8.08. The van der Waals surface area contributed by atoms with E-state index in [2.05, 4.69) is 40.3 Å². The molecule has 46 heavy (non-hydrogen) atoms. The summed E-state index contributed by atoms with van der Waals surface area (Å²) < 4.78 is 20.7. The molecule has 12 heteroatoms. The zero-order valence-electron chi connectivity index (χ0n) is 25.9. The van der Waals surface area contributed by atoms with E-state index in [0.717, 1.165) is 41.7 Å². The molecule has 1 amide bonds. The Bertz CT molecular complexity index is 2060. The van der Waals surface area contributed by atoms with Crippen molar-refractivity contribution in [1.82, 2.24) is 40.0 Å². The van der Waals surface area contributed by atoms with Crippen LogP contribution in [-0.4, -0.2) is 72.2 Å². The number of aromatic amines is 2. The number of pyridine rings is 3. The highest BCUT2D eigenvalue weighted by Gasteiger charge is 2.22. The molecule has 0 unspecified atom stereocenters. The molecule has 1 aromatic carbocycles. The molecule has 7 rings (SSSR count). The maximum Gasteiger partial charge on any atom is 0.229 e. The highest BCUT2D eigenvalue weighted by atomic mass is 19.1. The van der Waals surface area contributed by atoms with E-state index >= 15 is 0 Å². The summed E-state index contributed by atoms with van der Waals surface area (Å²) in [4.78, 5) is 36.6. The van der Waals surface area contributed by atoms with E-state index in [0.29, 0.717) is 52.0 Å². The van der Waals surface area contributed by atoms with Gasteiger partial charge >= 0.3 is 0 Å². The van der Waals surface area contributed by atoms with Gasteiger partial charge in [0.15, 0.2) is 11.5 Å². The summed E-state index contributed by atoms with van der Waals surface area (Å²) in [6.07, 6.45) is 9.14. The summed E-state index contributed by atoms with van der Waals surface area (Å²) in [5.41, 5.74) is 5.23. The van der Waals surface area contributed by atoms with Crippen LogP contribution in [0.4, 0.5) is 10.1 Å². The molecule has 0 bridgehead atoms. The third-order valence-corrected chi connectivity index (χ3v) is 8.08. The number of imidazole rings is 1. The first-order valence-electron chi connectivity index (χ1n) is 15.3. The van der Waals surface area contributed by atoms with Crippen molar-refractivity contribution >= 4 is 33.7 Å². The zero-order chi connectivity index (χ0) is 31.8. The fraction of sp³-hybridized carbons (Fsp3) is 0.294. The Kier molecular flexibility index (Phi) is 7.65. The summed E-state index contributed by atoms with van der Waals surface area (Å²) >= 11 is 0. The average Bonchev–Trinajstić information content (AvgIpc) is 3.80. The minimum atomic E-state index is -0.540. The van der Waals surface area contributed by atoms with Crippen LogP contribution < -0.4 is 10.1 Å². The summed E-state index contributed by atoms with van der Waals surface area (Å²) in [6.45, 7) is 9.03. The predicted molar refractivity (Wildman–Crippen MR) is 175 cm³/mol. The van der Waals surface area contributed by atoms with Crippen LogP contribution in [0.2, 0.25) is 0 Å². The molecular formula is C34H34FN9O2. The fourth-order valence-electron chi connectivity index (χ4n) is 5.57. The molecule has 1 saturated heterocycles. The number of hydrogen-bond acceptors (Lipinski definition) is 8. The van der Waals surface area contributed by atoms with Crippen LogP contribution in [0, 0.1) is 11.2 Å². The summed E-state index contributed by atoms with van der Waals surface area (Å²) in [5.74, 6) is 0.486. The third kappa shape index (κ3) is 6.03. The smallest absolute Gasteiger partial charge is 0.229 e. The first-order chi connectivity index (χ1) is 22.2. The number of rotatable bonds is 8. The number of hydrogen-bond donors (Lipinski definition) is 3. The second-order valence-electron chi connectivity index (χ2n) is 12.6. The van der Waals surface area contributed by atoms with Gasteiger partial charge in [-0.05, 0) is 56.3 Å². The molecule has 0 aliphatic carbocycles. The van der Waals surface area contributed by atoms with Crippen LogP contribution in [0.15, 0.2) is 61.2 Å². The minimum Gasteiger partial charge on any atom is -0.492 e. The number of carbonyl (C=O) groups excluding carboxylic acids is 1. The quantitative estimate of drug-likeness (QED) is 0.183. The average molecular weight is 620 g/mol. The number of H-pyrrole nitrogens is 2. The highest BCUT2D eigenvalue weighted by molar-refractivity contribution is 5.97. The maximum absolute atomic E-state index is 14.8. The van der Waals surface area contributed by atoms with Crippen LogP contribution in [0.25, 0.3) is 56.0 Å². The van der Waals surface area contributed by atoms with Gasteiger partial charge in [0.05, 0.1) is 28.5 Å². The van der Waals surface area contributed by atoms with E-state index in [9.17, 15) is 9.18 Å². The van der Waals surface area contributed by atoms with Crippen LogP contribution in [-0.2, 0) is 4.79 Å². The molecule has 6 aromatic rings. The van der Waals surface area contributed by atoms with Gasteiger partial charge in [0.1, 0.15) is 29.4 Å². The second kappa shape index (κ2) is 11.9. The number of amides is 1. The van der Waals surface area contributed by atoms with Gasteiger partial charge in [0.2, 0.25) is 5.91 Å². The van der Waals surface area contributed by atoms with Crippen molar-refractivity contribution in [1.29, 1.82) is 0 Å². The number of aromatic nitrogens is 7. The van der Waals surface area contributed by atoms with E-state index in [4.69, 9.17) is 9.72 Å².